The first kappa shape index (κ1) is 11.6. The molecule has 3 heteroatoms. The van der Waals surface area contributed by atoms with E-state index in [2.05, 4.69) is 0 Å². The minimum Gasteiger partial charge on any atom is -0.494 e. The van der Waals surface area contributed by atoms with Gasteiger partial charge < -0.3 is 4.74 Å². The minimum atomic E-state index is 0.160. The Labute approximate surface area is 79.1 Å². The Morgan fingerprint density at radius 3 is 2.08 bits per heavy atom. The molecule has 0 spiro atoms. The van der Waals surface area contributed by atoms with Crippen LogP contribution in [-0.4, -0.2) is 18.5 Å². The fourth-order valence-electron chi connectivity index (χ4n) is 0.858. The molecule has 0 aromatic rings. The van der Waals surface area contributed by atoms with Gasteiger partial charge in [0.25, 0.3) is 0 Å². The first-order valence-corrected chi connectivity index (χ1v) is 4.27. The van der Waals surface area contributed by atoms with Crippen molar-refractivity contribution >= 4 is 11.4 Å². The third-order valence-electron chi connectivity index (χ3n) is 1.60. The second kappa shape index (κ2) is 5.30. The highest BCUT2D eigenvalue weighted by Gasteiger charge is 2.15. The molecule has 13 heavy (non-hydrogen) atoms. The Kier molecular flexibility index (Phi) is 4.74. The highest BCUT2D eigenvalue weighted by Crippen LogP contribution is 2.11. The SMILES string of the molecule is CC.COC1=CC=C(C)C(=N)C1=N. The van der Waals surface area contributed by atoms with E-state index in [4.69, 9.17) is 15.6 Å². The van der Waals surface area contributed by atoms with Gasteiger partial charge in [0.05, 0.1) is 12.8 Å². The summed E-state index contributed by atoms with van der Waals surface area (Å²) in [5.41, 5.74) is 1.20. The molecule has 0 aliphatic heterocycles. The largest absolute Gasteiger partial charge is 0.494 e. The van der Waals surface area contributed by atoms with Crippen molar-refractivity contribution in [3.05, 3.63) is 23.5 Å². The molecule has 0 fully saturated rings. The molecule has 0 amide bonds. The van der Waals surface area contributed by atoms with Crippen molar-refractivity contribution < 1.29 is 4.74 Å². The maximum absolute atomic E-state index is 7.42. The van der Waals surface area contributed by atoms with Crippen LogP contribution in [-0.2, 0) is 4.74 Å². The molecule has 0 aromatic carbocycles. The van der Waals surface area contributed by atoms with Gasteiger partial charge in [0.15, 0.2) is 0 Å². The van der Waals surface area contributed by atoms with E-state index in [1.54, 1.807) is 19.1 Å². The van der Waals surface area contributed by atoms with Gasteiger partial charge in [-0.2, -0.15) is 0 Å². The van der Waals surface area contributed by atoms with Gasteiger partial charge in [-0.15, -0.1) is 0 Å². The molecule has 3 nitrogen and oxygen atoms in total. The standard InChI is InChI=1S/C8H10N2O.C2H6/c1-5-3-4-6(11-2)8(10)7(5)9;1-2/h3-4,9-10H,1-2H3;1-2H3. The van der Waals surface area contributed by atoms with E-state index in [0.717, 1.165) is 5.57 Å². The van der Waals surface area contributed by atoms with Gasteiger partial charge in [-0.3, -0.25) is 10.8 Å². The van der Waals surface area contributed by atoms with E-state index in [1.807, 2.05) is 13.8 Å². The Balaban J connectivity index is 0.000000671. The fraction of sp³-hybridized carbons (Fsp3) is 0.400. The van der Waals surface area contributed by atoms with Crippen LogP contribution in [0.25, 0.3) is 0 Å². The molecular weight excluding hydrogens is 164 g/mol. The van der Waals surface area contributed by atoms with Crippen molar-refractivity contribution in [3.63, 3.8) is 0 Å². The zero-order valence-corrected chi connectivity index (χ0v) is 8.56. The molecule has 0 heterocycles. The number of rotatable bonds is 1. The van der Waals surface area contributed by atoms with Crippen LogP contribution in [0.2, 0.25) is 0 Å². The molecule has 1 aliphatic rings. The van der Waals surface area contributed by atoms with E-state index in [0.29, 0.717) is 5.76 Å². The number of methoxy groups -OCH3 is 1. The summed E-state index contributed by atoms with van der Waals surface area (Å²) < 4.78 is 4.87. The van der Waals surface area contributed by atoms with Crippen LogP contribution in [0.4, 0.5) is 0 Å². The van der Waals surface area contributed by atoms with Crippen LogP contribution < -0.4 is 0 Å². The highest BCUT2D eigenvalue weighted by atomic mass is 16.5. The summed E-state index contributed by atoms with van der Waals surface area (Å²) in [6, 6.07) is 0. The second-order valence-corrected chi connectivity index (χ2v) is 2.33. The van der Waals surface area contributed by atoms with Gasteiger partial charge in [0.1, 0.15) is 11.5 Å². The number of ether oxygens (including phenoxy) is 1. The van der Waals surface area contributed by atoms with Gasteiger partial charge in [0, 0.05) is 0 Å². The molecule has 2 N–H and O–H groups in total. The number of hydrogen-bond donors (Lipinski definition) is 2. The minimum absolute atomic E-state index is 0.160. The van der Waals surface area contributed by atoms with Crippen LogP contribution in [0.5, 0.6) is 0 Å². The first-order chi connectivity index (χ1) is 6.16. The lowest BCUT2D eigenvalue weighted by atomic mass is 10.0. The molecule has 0 atom stereocenters. The van der Waals surface area contributed by atoms with E-state index in [9.17, 15) is 0 Å². The van der Waals surface area contributed by atoms with Crippen LogP contribution >= 0.6 is 0 Å². The van der Waals surface area contributed by atoms with Gasteiger partial charge in [-0.05, 0) is 18.6 Å². The Bertz CT molecular complexity index is 275. The van der Waals surface area contributed by atoms with E-state index in [-0.39, 0.29) is 11.4 Å². The average molecular weight is 180 g/mol. The van der Waals surface area contributed by atoms with Crippen molar-refractivity contribution in [3.8, 4) is 0 Å². The van der Waals surface area contributed by atoms with Gasteiger partial charge >= 0.3 is 0 Å². The maximum Gasteiger partial charge on any atom is 0.145 e. The van der Waals surface area contributed by atoms with E-state index in [1.165, 1.54) is 7.11 Å². The van der Waals surface area contributed by atoms with Crippen LogP contribution in [0.1, 0.15) is 20.8 Å². The normalized spacial score (nSPS) is 15.4. The van der Waals surface area contributed by atoms with Gasteiger partial charge in [-0.1, -0.05) is 19.9 Å². The molecule has 0 unspecified atom stereocenters. The number of nitrogens with one attached hydrogen (secondary N) is 2. The topological polar surface area (TPSA) is 56.9 Å². The highest BCUT2D eigenvalue weighted by molar-refractivity contribution is 6.51. The van der Waals surface area contributed by atoms with Gasteiger partial charge in [0.2, 0.25) is 0 Å². The van der Waals surface area contributed by atoms with Crippen LogP contribution in [0.3, 0.4) is 0 Å². The Hall–Kier alpha value is -1.38. The predicted molar refractivity (Wildman–Crippen MR) is 55.7 cm³/mol. The summed E-state index contributed by atoms with van der Waals surface area (Å²) in [4.78, 5) is 0. The second-order valence-electron chi connectivity index (χ2n) is 2.33. The molecular formula is C10H16N2O. The summed E-state index contributed by atoms with van der Waals surface area (Å²) in [6.45, 7) is 5.81. The maximum atomic E-state index is 7.42. The van der Waals surface area contributed by atoms with Crippen molar-refractivity contribution in [1.29, 1.82) is 10.8 Å². The molecule has 1 rings (SSSR count). The zero-order valence-electron chi connectivity index (χ0n) is 8.56. The summed E-state index contributed by atoms with van der Waals surface area (Å²) in [5.74, 6) is 0.459. The number of allylic oxidation sites excluding steroid dienone is 4. The summed E-state index contributed by atoms with van der Waals surface area (Å²) in [6.07, 6.45) is 3.48. The summed E-state index contributed by atoms with van der Waals surface area (Å²) in [7, 11) is 1.50. The first-order valence-electron chi connectivity index (χ1n) is 4.27. The Morgan fingerprint density at radius 2 is 1.62 bits per heavy atom. The molecule has 0 saturated carbocycles. The molecule has 72 valence electrons. The lowest BCUT2D eigenvalue weighted by Gasteiger charge is -2.12. The Morgan fingerprint density at radius 1 is 1.08 bits per heavy atom. The van der Waals surface area contributed by atoms with E-state index < -0.39 is 0 Å². The summed E-state index contributed by atoms with van der Waals surface area (Å²) in [5, 5.41) is 14.8. The third kappa shape index (κ3) is 2.54. The molecule has 0 aromatic heterocycles. The number of hydrogen-bond acceptors (Lipinski definition) is 3. The fourth-order valence-corrected chi connectivity index (χ4v) is 0.858. The lowest BCUT2D eigenvalue weighted by molar-refractivity contribution is 0.315. The van der Waals surface area contributed by atoms with E-state index >= 15 is 0 Å². The van der Waals surface area contributed by atoms with Crippen molar-refractivity contribution in [2.24, 2.45) is 0 Å². The lowest BCUT2D eigenvalue weighted by Crippen LogP contribution is -2.19. The summed E-state index contributed by atoms with van der Waals surface area (Å²) >= 11 is 0. The monoisotopic (exact) mass is 180 g/mol. The molecule has 1 aliphatic carbocycles. The van der Waals surface area contributed by atoms with Crippen LogP contribution in [0, 0.1) is 10.8 Å². The predicted octanol–water partition coefficient (Wildman–Crippen LogP) is 2.54. The quantitative estimate of drug-likeness (QED) is 0.598. The molecule has 0 bridgehead atoms. The van der Waals surface area contributed by atoms with Crippen molar-refractivity contribution in [1.82, 2.24) is 0 Å². The van der Waals surface area contributed by atoms with Crippen LogP contribution in [0.15, 0.2) is 23.5 Å². The third-order valence-corrected chi connectivity index (χ3v) is 1.60. The van der Waals surface area contributed by atoms with Gasteiger partial charge in [-0.25, -0.2) is 0 Å². The van der Waals surface area contributed by atoms with Crippen molar-refractivity contribution in [2.45, 2.75) is 20.8 Å². The zero-order chi connectivity index (χ0) is 10.4. The molecule has 0 radical (unpaired) electrons. The molecule has 0 saturated heterocycles. The average Bonchev–Trinajstić information content (AvgIpc) is 2.18. The van der Waals surface area contributed by atoms with Crippen molar-refractivity contribution in [2.75, 3.05) is 7.11 Å². The smallest absolute Gasteiger partial charge is 0.145 e.